The summed E-state index contributed by atoms with van der Waals surface area (Å²) in [6.45, 7) is 6.94. The van der Waals surface area contributed by atoms with E-state index in [1.807, 2.05) is 24.3 Å². The van der Waals surface area contributed by atoms with Crippen molar-refractivity contribution >= 4 is 33.3 Å². The Morgan fingerprint density at radius 1 is 1.20 bits per heavy atom. The number of benzene rings is 2. The molecule has 2 aromatic heterocycles. The van der Waals surface area contributed by atoms with Crippen molar-refractivity contribution in [3.63, 3.8) is 0 Å². The van der Waals surface area contributed by atoms with Gasteiger partial charge in [0.25, 0.3) is 5.91 Å². The molecule has 0 radical (unpaired) electrons. The molecule has 1 aliphatic heterocycles. The number of aromatic amines is 1. The lowest BCUT2D eigenvalue weighted by Gasteiger charge is -2.25. The van der Waals surface area contributed by atoms with E-state index < -0.39 is 0 Å². The first kappa shape index (κ1) is 19.0. The Morgan fingerprint density at radius 2 is 2.03 bits per heavy atom. The standard InChI is InChI=1S/C24H24N4OS/c1-15-16(2)25-20-9-8-18(12-19(15)20)23(29)27-24-26-21-10-11-28(14-22(21)30-24)13-17-6-4-3-5-7-17/h3-9,12,25H,10-11,13-14H2,1-2H3,(H,26,27,29). The van der Waals surface area contributed by atoms with Gasteiger partial charge in [0.2, 0.25) is 0 Å². The first-order valence-electron chi connectivity index (χ1n) is 10.2. The Hall–Kier alpha value is -2.96. The highest BCUT2D eigenvalue weighted by atomic mass is 32.1. The fraction of sp³-hybridized carbons (Fsp3) is 0.250. The Bertz CT molecular complexity index is 1220. The zero-order valence-corrected chi connectivity index (χ0v) is 18.0. The number of fused-ring (bicyclic) bond motifs is 2. The van der Waals surface area contributed by atoms with Gasteiger partial charge in [-0.2, -0.15) is 0 Å². The molecule has 0 saturated heterocycles. The molecule has 6 heteroatoms. The topological polar surface area (TPSA) is 61.0 Å². The molecule has 2 aromatic carbocycles. The maximum atomic E-state index is 12.8. The van der Waals surface area contributed by atoms with Crippen molar-refractivity contribution in [3.05, 3.63) is 81.5 Å². The molecule has 5 rings (SSSR count). The van der Waals surface area contributed by atoms with Gasteiger partial charge in [0, 0.05) is 53.1 Å². The van der Waals surface area contributed by atoms with Crippen molar-refractivity contribution in [2.24, 2.45) is 0 Å². The van der Waals surface area contributed by atoms with Crippen LogP contribution in [-0.2, 0) is 19.5 Å². The molecule has 0 aliphatic carbocycles. The molecule has 152 valence electrons. The highest BCUT2D eigenvalue weighted by Gasteiger charge is 2.22. The van der Waals surface area contributed by atoms with E-state index in [0.717, 1.165) is 48.3 Å². The zero-order valence-electron chi connectivity index (χ0n) is 17.2. The third kappa shape index (κ3) is 3.64. The number of carbonyl (C=O) groups excluding carboxylic acids is 1. The largest absolute Gasteiger partial charge is 0.358 e. The summed E-state index contributed by atoms with van der Waals surface area (Å²) in [6, 6.07) is 16.3. The third-order valence-corrected chi connectivity index (χ3v) is 6.85. The maximum absolute atomic E-state index is 12.8. The van der Waals surface area contributed by atoms with Crippen LogP contribution in [0.1, 0.15) is 37.7 Å². The fourth-order valence-electron chi connectivity index (χ4n) is 4.05. The molecule has 0 saturated carbocycles. The normalized spacial score (nSPS) is 14.1. The van der Waals surface area contributed by atoms with Gasteiger partial charge in [-0.05, 0) is 43.2 Å². The van der Waals surface area contributed by atoms with E-state index in [1.54, 1.807) is 11.3 Å². The Morgan fingerprint density at radius 3 is 2.87 bits per heavy atom. The molecular weight excluding hydrogens is 392 g/mol. The summed E-state index contributed by atoms with van der Waals surface area (Å²) in [6.07, 6.45) is 0.919. The van der Waals surface area contributed by atoms with Crippen LogP contribution in [0.15, 0.2) is 48.5 Å². The minimum atomic E-state index is -0.109. The SMILES string of the molecule is Cc1[nH]c2ccc(C(=O)Nc3nc4c(s3)CN(Cc3ccccc3)CC4)cc2c1C. The molecule has 5 nitrogen and oxygen atoms in total. The smallest absolute Gasteiger partial charge is 0.257 e. The van der Waals surface area contributed by atoms with Gasteiger partial charge in [-0.1, -0.05) is 30.3 Å². The van der Waals surface area contributed by atoms with Gasteiger partial charge in [0.15, 0.2) is 5.13 Å². The summed E-state index contributed by atoms with van der Waals surface area (Å²) < 4.78 is 0. The first-order valence-corrected chi connectivity index (χ1v) is 11.0. The lowest BCUT2D eigenvalue weighted by molar-refractivity contribution is 0.102. The van der Waals surface area contributed by atoms with E-state index in [0.29, 0.717) is 10.7 Å². The van der Waals surface area contributed by atoms with Crippen molar-refractivity contribution in [2.45, 2.75) is 33.4 Å². The Labute approximate surface area is 179 Å². The summed E-state index contributed by atoms with van der Waals surface area (Å²) in [5.74, 6) is -0.109. The fourth-order valence-corrected chi connectivity index (χ4v) is 5.10. The monoisotopic (exact) mass is 416 g/mol. The number of H-pyrrole nitrogens is 1. The third-order valence-electron chi connectivity index (χ3n) is 5.85. The molecule has 1 amide bonds. The summed E-state index contributed by atoms with van der Waals surface area (Å²) in [4.78, 5) is 24.6. The molecule has 0 fully saturated rings. The van der Waals surface area contributed by atoms with Gasteiger partial charge < -0.3 is 4.98 Å². The first-order chi connectivity index (χ1) is 14.6. The molecule has 30 heavy (non-hydrogen) atoms. The maximum Gasteiger partial charge on any atom is 0.257 e. The van der Waals surface area contributed by atoms with Crippen LogP contribution >= 0.6 is 11.3 Å². The number of aromatic nitrogens is 2. The van der Waals surface area contributed by atoms with Crippen LogP contribution in [0, 0.1) is 13.8 Å². The van der Waals surface area contributed by atoms with E-state index in [-0.39, 0.29) is 5.91 Å². The average molecular weight is 417 g/mol. The number of thiazole rings is 1. The lowest BCUT2D eigenvalue weighted by Crippen LogP contribution is -2.29. The van der Waals surface area contributed by atoms with Gasteiger partial charge in [-0.3, -0.25) is 15.0 Å². The van der Waals surface area contributed by atoms with E-state index in [4.69, 9.17) is 4.98 Å². The second-order valence-corrected chi connectivity index (χ2v) is 9.01. The molecule has 0 unspecified atom stereocenters. The van der Waals surface area contributed by atoms with Gasteiger partial charge in [-0.25, -0.2) is 4.98 Å². The highest BCUT2D eigenvalue weighted by Crippen LogP contribution is 2.30. The van der Waals surface area contributed by atoms with Crippen LogP contribution in [0.25, 0.3) is 10.9 Å². The molecule has 1 aliphatic rings. The van der Waals surface area contributed by atoms with E-state index in [1.165, 1.54) is 16.0 Å². The quantitative estimate of drug-likeness (QED) is 0.489. The second-order valence-electron chi connectivity index (χ2n) is 7.92. The van der Waals surface area contributed by atoms with Crippen LogP contribution in [0.4, 0.5) is 5.13 Å². The number of nitrogens with zero attached hydrogens (tertiary/aromatic N) is 2. The Kier molecular flexibility index (Phi) is 4.89. The van der Waals surface area contributed by atoms with E-state index >= 15 is 0 Å². The number of nitrogens with one attached hydrogen (secondary N) is 2. The van der Waals surface area contributed by atoms with Gasteiger partial charge >= 0.3 is 0 Å². The molecule has 0 bridgehead atoms. The van der Waals surface area contributed by atoms with Gasteiger partial charge in [0.1, 0.15) is 0 Å². The average Bonchev–Trinajstić information content (AvgIpc) is 3.28. The van der Waals surface area contributed by atoms with Crippen LogP contribution in [0.3, 0.4) is 0 Å². The summed E-state index contributed by atoms with van der Waals surface area (Å²) in [7, 11) is 0. The Balaban J connectivity index is 1.30. The van der Waals surface area contributed by atoms with Crippen molar-refractivity contribution < 1.29 is 4.79 Å². The van der Waals surface area contributed by atoms with Crippen LogP contribution in [0.5, 0.6) is 0 Å². The number of anilines is 1. The molecule has 0 atom stereocenters. The van der Waals surface area contributed by atoms with Crippen molar-refractivity contribution in [2.75, 3.05) is 11.9 Å². The molecule has 2 N–H and O–H groups in total. The number of aryl methyl sites for hydroxylation is 2. The van der Waals surface area contributed by atoms with E-state index in [9.17, 15) is 4.79 Å². The summed E-state index contributed by atoms with van der Waals surface area (Å²) in [5, 5.41) is 4.79. The van der Waals surface area contributed by atoms with Gasteiger partial charge in [-0.15, -0.1) is 11.3 Å². The van der Waals surface area contributed by atoms with Crippen molar-refractivity contribution in [1.29, 1.82) is 0 Å². The molecule has 4 aromatic rings. The molecule has 0 spiro atoms. The lowest BCUT2D eigenvalue weighted by atomic mass is 10.1. The molecule has 3 heterocycles. The summed E-state index contributed by atoms with van der Waals surface area (Å²) >= 11 is 1.59. The minimum absolute atomic E-state index is 0.109. The number of hydrogen-bond acceptors (Lipinski definition) is 4. The van der Waals surface area contributed by atoms with E-state index in [2.05, 4.69) is 53.3 Å². The number of amides is 1. The van der Waals surface area contributed by atoms with Crippen LogP contribution in [0.2, 0.25) is 0 Å². The predicted molar refractivity (Wildman–Crippen MR) is 122 cm³/mol. The number of carbonyl (C=O) groups is 1. The highest BCUT2D eigenvalue weighted by molar-refractivity contribution is 7.15. The van der Waals surface area contributed by atoms with Crippen molar-refractivity contribution in [3.8, 4) is 0 Å². The number of hydrogen-bond donors (Lipinski definition) is 2. The predicted octanol–water partition coefficient (Wildman–Crippen LogP) is 5.05. The van der Waals surface area contributed by atoms with Crippen molar-refractivity contribution in [1.82, 2.24) is 14.9 Å². The van der Waals surface area contributed by atoms with Crippen LogP contribution < -0.4 is 5.32 Å². The molecular formula is C24H24N4OS. The zero-order chi connectivity index (χ0) is 20.7. The summed E-state index contributed by atoms with van der Waals surface area (Å²) in [5.41, 5.74) is 6.48. The minimum Gasteiger partial charge on any atom is -0.358 e. The second kappa shape index (κ2) is 7.70. The number of rotatable bonds is 4. The van der Waals surface area contributed by atoms with Gasteiger partial charge in [0.05, 0.1) is 5.69 Å². The van der Waals surface area contributed by atoms with Crippen LogP contribution in [-0.4, -0.2) is 27.3 Å².